The molecule has 136 valence electrons. The predicted molar refractivity (Wildman–Crippen MR) is 98.4 cm³/mol. The van der Waals surface area contributed by atoms with E-state index in [-0.39, 0.29) is 18.9 Å². The maximum atomic E-state index is 12.1. The van der Waals surface area contributed by atoms with Gasteiger partial charge in [-0.1, -0.05) is 48.0 Å². The third-order valence-electron chi connectivity index (χ3n) is 3.65. The lowest BCUT2D eigenvalue weighted by atomic mass is 10.0. The summed E-state index contributed by atoms with van der Waals surface area (Å²) in [5.41, 5.74) is 2.51. The van der Waals surface area contributed by atoms with Gasteiger partial charge in [-0.2, -0.15) is 0 Å². The van der Waals surface area contributed by atoms with Crippen LogP contribution in [0.1, 0.15) is 30.5 Å². The molecule has 0 saturated carbocycles. The molecule has 6 heteroatoms. The van der Waals surface area contributed by atoms with Gasteiger partial charge in [0.05, 0.1) is 12.5 Å². The van der Waals surface area contributed by atoms with Gasteiger partial charge in [-0.25, -0.2) is 0 Å². The van der Waals surface area contributed by atoms with E-state index in [1.807, 2.05) is 49.4 Å². The van der Waals surface area contributed by atoms with E-state index in [0.717, 1.165) is 11.1 Å². The largest absolute Gasteiger partial charge is 0.455 e. The Hall–Kier alpha value is -3.15. The van der Waals surface area contributed by atoms with Crippen molar-refractivity contribution >= 4 is 23.5 Å². The van der Waals surface area contributed by atoms with Crippen molar-refractivity contribution in [2.24, 2.45) is 0 Å². The minimum absolute atomic E-state index is 0.0542. The Morgan fingerprint density at radius 3 is 2.27 bits per heavy atom. The van der Waals surface area contributed by atoms with Gasteiger partial charge >= 0.3 is 5.97 Å². The van der Waals surface area contributed by atoms with Crippen molar-refractivity contribution < 1.29 is 19.1 Å². The number of carbonyl (C=O) groups excluding carboxylic acids is 3. The molecular weight excluding hydrogens is 332 g/mol. The van der Waals surface area contributed by atoms with Gasteiger partial charge in [-0.15, -0.1) is 0 Å². The van der Waals surface area contributed by atoms with E-state index in [0.29, 0.717) is 5.69 Å². The van der Waals surface area contributed by atoms with Crippen molar-refractivity contribution in [3.8, 4) is 0 Å². The average Bonchev–Trinajstić information content (AvgIpc) is 2.62. The first kappa shape index (κ1) is 19.2. The van der Waals surface area contributed by atoms with Gasteiger partial charge in [-0.3, -0.25) is 14.4 Å². The maximum Gasteiger partial charge on any atom is 0.308 e. The monoisotopic (exact) mass is 354 g/mol. The van der Waals surface area contributed by atoms with Gasteiger partial charge in [0.15, 0.2) is 6.61 Å². The van der Waals surface area contributed by atoms with Crippen LogP contribution in [0.15, 0.2) is 54.6 Å². The molecule has 0 spiro atoms. The van der Waals surface area contributed by atoms with Gasteiger partial charge in [0.2, 0.25) is 5.91 Å². The van der Waals surface area contributed by atoms with E-state index >= 15 is 0 Å². The minimum atomic E-state index is -0.563. The Morgan fingerprint density at radius 2 is 1.65 bits per heavy atom. The number of ether oxygens (including phenoxy) is 1. The van der Waals surface area contributed by atoms with E-state index in [1.54, 1.807) is 12.1 Å². The molecule has 0 fully saturated rings. The molecule has 0 bridgehead atoms. The number of hydrogen-bond donors (Lipinski definition) is 2. The minimum Gasteiger partial charge on any atom is -0.455 e. The van der Waals surface area contributed by atoms with Crippen molar-refractivity contribution in [1.29, 1.82) is 0 Å². The molecule has 0 saturated heterocycles. The van der Waals surface area contributed by atoms with Gasteiger partial charge in [0.25, 0.3) is 5.91 Å². The summed E-state index contributed by atoms with van der Waals surface area (Å²) in [7, 11) is 0. The second-order valence-electron chi connectivity index (χ2n) is 5.94. The second-order valence-corrected chi connectivity index (χ2v) is 5.94. The first-order valence-corrected chi connectivity index (χ1v) is 8.28. The zero-order valence-electron chi connectivity index (χ0n) is 14.8. The Bertz CT molecular complexity index is 757. The highest BCUT2D eigenvalue weighted by Crippen LogP contribution is 2.17. The summed E-state index contributed by atoms with van der Waals surface area (Å²) in [6, 6.07) is 15.9. The third-order valence-corrected chi connectivity index (χ3v) is 3.65. The van der Waals surface area contributed by atoms with Crippen LogP contribution in [-0.2, 0) is 19.1 Å². The van der Waals surface area contributed by atoms with Crippen molar-refractivity contribution in [2.45, 2.75) is 26.3 Å². The summed E-state index contributed by atoms with van der Waals surface area (Å²) in [4.78, 5) is 35.3. The molecule has 0 radical (unpaired) electrons. The fourth-order valence-electron chi connectivity index (χ4n) is 2.39. The summed E-state index contributed by atoms with van der Waals surface area (Å²) in [5, 5.41) is 5.38. The maximum absolute atomic E-state index is 12.1. The van der Waals surface area contributed by atoms with E-state index in [2.05, 4.69) is 10.6 Å². The quantitative estimate of drug-likeness (QED) is 0.749. The van der Waals surface area contributed by atoms with Gasteiger partial charge in [0.1, 0.15) is 0 Å². The first-order chi connectivity index (χ1) is 12.4. The lowest BCUT2D eigenvalue weighted by Gasteiger charge is -2.17. The van der Waals surface area contributed by atoms with Crippen LogP contribution in [0.25, 0.3) is 0 Å². The molecule has 2 N–H and O–H groups in total. The van der Waals surface area contributed by atoms with Crippen LogP contribution < -0.4 is 10.6 Å². The molecule has 26 heavy (non-hydrogen) atoms. The standard InChI is InChI=1S/C20H22N2O4/c1-14-8-10-17(11-9-14)22-19(24)13-26-20(25)12-18(21-15(2)23)16-6-4-3-5-7-16/h3-11,18H,12-13H2,1-2H3,(H,21,23)(H,22,24)/t18-/m1/s1. The van der Waals surface area contributed by atoms with Crippen LogP contribution in [0, 0.1) is 6.92 Å². The zero-order chi connectivity index (χ0) is 18.9. The number of amides is 2. The number of rotatable bonds is 7. The van der Waals surface area contributed by atoms with E-state index < -0.39 is 17.9 Å². The second kappa shape index (κ2) is 9.36. The molecule has 6 nitrogen and oxygen atoms in total. The molecule has 2 rings (SSSR count). The van der Waals surface area contributed by atoms with Crippen LogP contribution in [0.3, 0.4) is 0 Å². The van der Waals surface area contributed by atoms with E-state index in [9.17, 15) is 14.4 Å². The van der Waals surface area contributed by atoms with Gasteiger partial charge in [-0.05, 0) is 24.6 Å². The summed E-state index contributed by atoms with van der Waals surface area (Å²) >= 11 is 0. The number of aryl methyl sites for hydroxylation is 1. The molecule has 2 aromatic carbocycles. The smallest absolute Gasteiger partial charge is 0.308 e. The molecule has 0 aliphatic heterocycles. The number of nitrogens with one attached hydrogen (secondary N) is 2. The summed E-state index contributed by atoms with van der Waals surface area (Å²) in [6.45, 7) is 2.95. The Morgan fingerprint density at radius 1 is 1.00 bits per heavy atom. The highest BCUT2D eigenvalue weighted by molar-refractivity contribution is 5.92. The number of esters is 1. The van der Waals surface area contributed by atoms with Crippen LogP contribution in [-0.4, -0.2) is 24.4 Å². The van der Waals surface area contributed by atoms with Crippen molar-refractivity contribution in [3.05, 3.63) is 65.7 Å². The van der Waals surface area contributed by atoms with Crippen molar-refractivity contribution in [2.75, 3.05) is 11.9 Å². The Kier molecular flexibility index (Phi) is 6.91. The molecule has 2 amide bonds. The number of carbonyl (C=O) groups is 3. The predicted octanol–water partition coefficient (Wildman–Crippen LogP) is 2.74. The molecule has 0 unspecified atom stereocenters. The molecular formula is C20H22N2O4. The highest BCUT2D eigenvalue weighted by atomic mass is 16.5. The molecule has 2 aromatic rings. The number of hydrogen-bond acceptors (Lipinski definition) is 4. The van der Waals surface area contributed by atoms with Gasteiger partial charge in [0, 0.05) is 12.6 Å². The van der Waals surface area contributed by atoms with E-state index in [1.165, 1.54) is 6.92 Å². The molecule has 0 aromatic heterocycles. The number of benzene rings is 2. The first-order valence-electron chi connectivity index (χ1n) is 8.28. The Labute approximate surface area is 152 Å². The topological polar surface area (TPSA) is 84.5 Å². The average molecular weight is 354 g/mol. The van der Waals surface area contributed by atoms with Crippen LogP contribution in [0.2, 0.25) is 0 Å². The zero-order valence-corrected chi connectivity index (χ0v) is 14.8. The highest BCUT2D eigenvalue weighted by Gasteiger charge is 2.18. The van der Waals surface area contributed by atoms with Crippen LogP contribution in [0.4, 0.5) is 5.69 Å². The SMILES string of the molecule is CC(=O)N[C@H](CC(=O)OCC(=O)Nc1ccc(C)cc1)c1ccccc1. The Balaban J connectivity index is 1.86. The fourth-order valence-corrected chi connectivity index (χ4v) is 2.39. The lowest BCUT2D eigenvalue weighted by Crippen LogP contribution is -2.29. The van der Waals surface area contributed by atoms with Crippen LogP contribution in [0.5, 0.6) is 0 Å². The fraction of sp³-hybridized carbons (Fsp3) is 0.250. The van der Waals surface area contributed by atoms with Gasteiger partial charge < -0.3 is 15.4 Å². The lowest BCUT2D eigenvalue weighted by molar-refractivity contribution is -0.148. The summed E-state index contributed by atoms with van der Waals surface area (Å²) in [5.74, 6) is -1.23. The van der Waals surface area contributed by atoms with Crippen LogP contribution >= 0.6 is 0 Å². The third kappa shape index (κ3) is 6.39. The van der Waals surface area contributed by atoms with E-state index in [4.69, 9.17) is 4.74 Å². The molecule has 0 aliphatic rings. The molecule has 0 heterocycles. The van der Waals surface area contributed by atoms with Crippen molar-refractivity contribution in [1.82, 2.24) is 5.32 Å². The molecule has 1 atom stereocenters. The molecule has 0 aliphatic carbocycles. The summed E-state index contributed by atoms with van der Waals surface area (Å²) < 4.78 is 5.03. The summed E-state index contributed by atoms with van der Waals surface area (Å²) in [6.07, 6.45) is -0.0542. The number of anilines is 1. The van der Waals surface area contributed by atoms with Crippen molar-refractivity contribution in [3.63, 3.8) is 0 Å². The normalized spacial score (nSPS) is 11.3.